The van der Waals surface area contributed by atoms with Gasteiger partial charge in [-0.2, -0.15) is 0 Å². The topological polar surface area (TPSA) is 83.1 Å². The first-order valence-electron chi connectivity index (χ1n) is 10.4. The Morgan fingerprint density at radius 1 is 0.939 bits per heavy atom. The van der Waals surface area contributed by atoms with E-state index in [4.69, 9.17) is 11.6 Å². The molecule has 0 bridgehead atoms. The van der Waals surface area contributed by atoms with Crippen LogP contribution in [-0.2, 0) is 6.54 Å². The van der Waals surface area contributed by atoms with Crippen LogP contribution >= 0.6 is 22.9 Å². The highest BCUT2D eigenvalue weighted by Gasteiger charge is 2.13. The number of urea groups is 1. The molecule has 4 aromatic rings. The summed E-state index contributed by atoms with van der Waals surface area (Å²) in [4.78, 5) is 29.5. The van der Waals surface area contributed by atoms with E-state index in [1.54, 1.807) is 30.3 Å². The molecule has 3 aromatic carbocycles. The van der Waals surface area contributed by atoms with E-state index >= 15 is 0 Å². The van der Waals surface area contributed by atoms with E-state index in [2.05, 4.69) is 20.9 Å². The fourth-order valence-corrected chi connectivity index (χ4v) is 4.63. The number of hydrogen-bond acceptors (Lipinski definition) is 4. The lowest BCUT2D eigenvalue weighted by molar-refractivity contribution is 0.102. The number of hydrogen-bond donors (Lipinski definition) is 3. The fourth-order valence-electron chi connectivity index (χ4n) is 3.61. The number of carbonyl (C=O) groups is 2. The van der Waals surface area contributed by atoms with Gasteiger partial charge in [-0.3, -0.25) is 10.1 Å². The summed E-state index contributed by atoms with van der Waals surface area (Å²) >= 11 is 7.19. The van der Waals surface area contributed by atoms with Gasteiger partial charge in [-0.05, 0) is 67.8 Å². The van der Waals surface area contributed by atoms with Crippen molar-refractivity contribution >= 4 is 55.9 Å². The highest BCUT2D eigenvalue weighted by atomic mass is 35.5. The third-order valence-corrected chi connectivity index (χ3v) is 6.34. The molecule has 3 N–H and O–H groups in total. The Hall–Kier alpha value is -3.42. The number of nitrogens with zero attached hydrogens (tertiary/aromatic N) is 1. The number of rotatable bonds is 5. The van der Waals surface area contributed by atoms with E-state index in [1.165, 1.54) is 11.3 Å². The van der Waals surface area contributed by atoms with E-state index in [0.717, 1.165) is 32.6 Å². The van der Waals surface area contributed by atoms with Crippen molar-refractivity contribution in [2.24, 2.45) is 0 Å². The van der Waals surface area contributed by atoms with Gasteiger partial charge < -0.3 is 10.6 Å². The molecular weight excluding hydrogens is 456 g/mol. The minimum atomic E-state index is -0.354. The Labute approximate surface area is 201 Å². The predicted molar refractivity (Wildman–Crippen MR) is 136 cm³/mol. The first-order chi connectivity index (χ1) is 15.8. The molecule has 0 aliphatic rings. The van der Waals surface area contributed by atoms with E-state index < -0.39 is 0 Å². The van der Waals surface area contributed by atoms with Crippen LogP contribution in [0.3, 0.4) is 0 Å². The molecule has 1 aromatic heterocycles. The molecule has 0 atom stereocenters. The lowest BCUT2D eigenvalue weighted by atomic mass is 10.0. The van der Waals surface area contributed by atoms with E-state index in [1.807, 2.05) is 45.0 Å². The Morgan fingerprint density at radius 2 is 1.64 bits per heavy atom. The zero-order valence-electron chi connectivity index (χ0n) is 18.5. The molecule has 0 saturated heterocycles. The van der Waals surface area contributed by atoms with Crippen molar-refractivity contribution in [3.63, 3.8) is 0 Å². The summed E-state index contributed by atoms with van der Waals surface area (Å²) < 4.78 is 0.813. The average Bonchev–Trinajstić information content (AvgIpc) is 3.17. The molecule has 0 aliphatic heterocycles. The highest BCUT2D eigenvalue weighted by molar-refractivity contribution is 7.22. The minimum absolute atomic E-state index is 0.185. The van der Waals surface area contributed by atoms with E-state index in [9.17, 15) is 9.59 Å². The van der Waals surface area contributed by atoms with Gasteiger partial charge in [0.2, 0.25) is 0 Å². The molecule has 0 fully saturated rings. The van der Waals surface area contributed by atoms with Crippen LogP contribution in [0.15, 0.2) is 54.6 Å². The van der Waals surface area contributed by atoms with Crippen molar-refractivity contribution in [1.29, 1.82) is 0 Å². The van der Waals surface area contributed by atoms with Crippen LogP contribution in [0.4, 0.5) is 15.6 Å². The molecule has 33 heavy (non-hydrogen) atoms. The van der Waals surface area contributed by atoms with Crippen molar-refractivity contribution in [3.05, 3.63) is 87.4 Å². The first-order valence-corrected chi connectivity index (χ1v) is 11.6. The molecule has 3 amide bonds. The van der Waals surface area contributed by atoms with Crippen molar-refractivity contribution in [1.82, 2.24) is 10.3 Å². The van der Waals surface area contributed by atoms with Crippen LogP contribution in [0.5, 0.6) is 0 Å². The quantitative estimate of drug-likeness (QED) is 0.308. The smallest absolute Gasteiger partial charge is 0.321 e. The van der Waals surface area contributed by atoms with Gasteiger partial charge in [-0.1, -0.05) is 52.8 Å². The van der Waals surface area contributed by atoms with Crippen molar-refractivity contribution < 1.29 is 9.59 Å². The Balaban J connectivity index is 1.43. The van der Waals surface area contributed by atoms with Crippen LogP contribution in [0, 0.1) is 20.8 Å². The van der Waals surface area contributed by atoms with Crippen molar-refractivity contribution in [2.75, 3.05) is 10.6 Å². The first kappa shape index (κ1) is 22.8. The number of nitrogens with one attached hydrogen (secondary N) is 3. The normalized spacial score (nSPS) is 10.8. The van der Waals surface area contributed by atoms with Crippen LogP contribution in [0.25, 0.3) is 10.2 Å². The third kappa shape index (κ3) is 5.50. The Kier molecular flexibility index (Phi) is 6.62. The molecule has 0 unspecified atom stereocenters. The number of anilines is 2. The van der Waals surface area contributed by atoms with Gasteiger partial charge >= 0.3 is 6.03 Å². The number of aryl methyl sites for hydroxylation is 3. The summed E-state index contributed by atoms with van der Waals surface area (Å²) in [5.41, 5.74) is 6.22. The second-order valence-corrected chi connectivity index (χ2v) is 9.33. The van der Waals surface area contributed by atoms with Gasteiger partial charge in [0.25, 0.3) is 5.91 Å². The maximum Gasteiger partial charge on any atom is 0.321 e. The number of benzene rings is 3. The van der Waals surface area contributed by atoms with Crippen LogP contribution in [0.1, 0.15) is 32.6 Å². The molecule has 1 heterocycles. The summed E-state index contributed by atoms with van der Waals surface area (Å²) in [6.07, 6.45) is 0. The zero-order valence-corrected chi connectivity index (χ0v) is 20.0. The molecule has 4 rings (SSSR count). The number of carbonyl (C=O) groups excluding carboxylic acids is 2. The van der Waals surface area contributed by atoms with Gasteiger partial charge in [-0.25, -0.2) is 9.78 Å². The maximum absolute atomic E-state index is 12.9. The molecule has 168 valence electrons. The fraction of sp³-hybridized carbons (Fsp3) is 0.160. The van der Waals surface area contributed by atoms with Crippen molar-refractivity contribution in [3.8, 4) is 0 Å². The number of thiazole rings is 1. The second-order valence-electron chi connectivity index (χ2n) is 7.86. The Bertz CT molecular complexity index is 1330. The number of amides is 3. The molecule has 0 radical (unpaired) electrons. The molecule has 0 spiro atoms. The van der Waals surface area contributed by atoms with Gasteiger partial charge in [0.1, 0.15) is 0 Å². The monoisotopic (exact) mass is 478 g/mol. The predicted octanol–water partition coefficient (Wildman–Crippen LogP) is 6.45. The van der Waals surface area contributed by atoms with Gasteiger partial charge in [0, 0.05) is 22.8 Å². The lowest BCUT2D eigenvalue weighted by Crippen LogP contribution is -2.28. The van der Waals surface area contributed by atoms with Crippen LogP contribution in [-0.4, -0.2) is 16.9 Å². The van der Waals surface area contributed by atoms with Gasteiger partial charge in [0.15, 0.2) is 5.13 Å². The van der Waals surface area contributed by atoms with Crippen LogP contribution < -0.4 is 16.0 Å². The zero-order chi connectivity index (χ0) is 23.5. The summed E-state index contributed by atoms with van der Waals surface area (Å²) in [6, 6.07) is 16.3. The van der Waals surface area contributed by atoms with E-state index in [0.29, 0.717) is 27.8 Å². The van der Waals surface area contributed by atoms with Crippen LogP contribution in [0.2, 0.25) is 5.02 Å². The molecule has 8 heteroatoms. The van der Waals surface area contributed by atoms with E-state index in [-0.39, 0.29) is 11.9 Å². The van der Waals surface area contributed by atoms with Gasteiger partial charge in [-0.15, -0.1) is 0 Å². The Morgan fingerprint density at radius 3 is 2.33 bits per heavy atom. The van der Waals surface area contributed by atoms with Crippen molar-refractivity contribution in [2.45, 2.75) is 27.3 Å². The summed E-state index contributed by atoms with van der Waals surface area (Å²) in [6.45, 7) is 6.37. The third-order valence-electron chi connectivity index (χ3n) is 5.15. The second kappa shape index (κ2) is 9.60. The summed E-state index contributed by atoms with van der Waals surface area (Å²) in [5.74, 6) is -0.185. The number of aromatic nitrogens is 1. The molecular formula is C25H23ClN4O2S. The number of halogens is 1. The minimum Gasteiger partial charge on any atom is -0.334 e. The standard InChI is InChI=1S/C25H23ClN4O2S/c1-14-10-15(2)22(16(3)11-14)29-23(31)18-6-9-20-21(12-18)33-25(28-20)30-24(32)27-13-17-4-7-19(26)8-5-17/h4-12H,13H2,1-3H3,(H,29,31)(H2,27,28,30,32). The molecule has 0 aliphatic carbocycles. The summed E-state index contributed by atoms with van der Waals surface area (Å²) in [5, 5.41) is 9.67. The summed E-state index contributed by atoms with van der Waals surface area (Å²) in [7, 11) is 0. The SMILES string of the molecule is Cc1cc(C)c(NC(=O)c2ccc3nc(NC(=O)NCc4ccc(Cl)cc4)sc3c2)c(C)c1. The molecule has 6 nitrogen and oxygen atoms in total. The largest absolute Gasteiger partial charge is 0.334 e. The molecule has 0 saturated carbocycles. The maximum atomic E-state index is 12.9. The van der Waals surface area contributed by atoms with Gasteiger partial charge in [0.05, 0.1) is 10.2 Å². The highest BCUT2D eigenvalue weighted by Crippen LogP contribution is 2.28. The average molecular weight is 479 g/mol. The lowest BCUT2D eigenvalue weighted by Gasteiger charge is -2.12. The number of fused-ring (bicyclic) bond motifs is 1.